The van der Waals surface area contributed by atoms with E-state index < -0.39 is 30.6 Å². The van der Waals surface area contributed by atoms with E-state index >= 15 is 0 Å². The monoisotopic (exact) mass is 421 g/mol. The van der Waals surface area contributed by atoms with E-state index in [0.717, 1.165) is 11.3 Å². The maximum Gasteiger partial charge on any atom is 0.348 e. The molecule has 0 spiro atoms. The van der Waals surface area contributed by atoms with Gasteiger partial charge in [-0.15, -0.1) is 11.3 Å². The first-order chi connectivity index (χ1) is 13.8. The van der Waals surface area contributed by atoms with Crippen LogP contribution in [-0.2, 0) is 19.1 Å². The predicted octanol–water partition coefficient (Wildman–Crippen LogP) is 3.19. The zero-order chi connectivity index (χ0) is 21.4. The number of esters is 2. The Kier molecular flexibility index (Phi) is 8.02. The van der Waals surface area contributed by atoms with Gasteiger partial charge in [-0.3, -0.25) is 4.79 Å². The number of hydrogen-bond acceptors (Lipinski definition) is 8. The molecule has 0 saturated heterocycles. The number of thiophene rings is 1. The van der Waals surface area contributed by atoms with Gasteiger partial charge in [0.2, 0.25) is 0 Å². The Labute approximate surface area is 172 Å². The molecule has 0 aliphatic carbocycles. The van der Waals surface area contributed by atoms with Crippen molar-refractivity contribution in [3.63, 3.8) is 0 Å². The predicted molar refractivity (Wildman–Crippen MR) is 108 cm³/mol. The Morgan fingerprint density at radius 2 is 1.76 bits per heavy atom. The van der Waals surface area contributed by atoms with E-state index in [-0.39, 0.29) is 6.61 Å². The van der Waals surface area contributed by atoms with Crippen LogP contribution >= 0.6 is 11.3 Å². The van der Waals surface area contributed by atoms with Crippen molar-refractivity contribution in [2.45, 2.75) is 26.9 Å². The smallest absolute Gasteiger partial charge is 0.348 e. The van der Waals surface area contributed by atoms with Crippen LogP contribution in [0.15, 0.2) is 30.3 Å². The number of ether oxygens (including phenoxy) is 4. The Balaban J connectivity index is 1.82. The number of hydrogen-bond donors (Lipinski definition) is 1. The zero-order valence-electron chi connectivity index (χ0n) is 16.6. The van der Waals surface area contributed by atoms with Gasteiger partial charge in [0.05, 0.1) is 18.7 Å². The third kappa shape index (κ3) is 6.49. The minimum absolute atomic E-state index is 0.268. The first-order valence-electron chi connectivity index (χ1n) is 8.88. The van der Waals surface area contributed by atoms with Gasteiger partial charge in [0.15, 0.2) is 12.7 Å². The van der Waals surface area contributed by atoms with Gasteiger partial charge < -0.3 is 24.3 Å². The quantitative estimate of drug-likeness (QED) is 0.621. The van der Waals surface area contributed by atoms with E-state index in [1.807, 2.05) is 0 Å². The van der Waals surface area contributed by atoms with E-state index in [9.17, 15) is 14.4 Å². The maximum absolute atomic E-state index is 12.0. The summed E-state index contributed by atoms with van der Waals surface area (Å²) >= 11 is 1.10. The molecular weight excluding hydrogens is 398 g/mol. The number of rotatable bonds is 9. The highest BCUT2D eigenvalue weighted by atomic mass is 32.1. The van der Waals surface area contributed by atoms with Crippen molar-refractivity contribution < 1.29 is 33.3 Å². The number of aryl methyl sites for hydroxylation is 1. The molecule has 2 aromatic rings. The van der Waals surface area contributed by atoms with Crippen LogP contribution in [0.25, 0.3) is 0 Å². The lowest BCUT2D eigenvalue weighted by atomic mass is 10.3. The average Bonchev–Trinajstić information content (AvgIpc) is 3.06. The van der Waals surface area contributed by atoms with Crippen molar-refractivity contribution in [3.8, 4) is 11.5 Å². The van der Waals surface area contributed by atoms with Crippen LogP contribution in [0, 0.1) is 6.92 Å². The van der Waals surface area contributed by atoms with Crippen LogP contribution in [0.4, 0.5) is 5.00 Å². The van der Waals surface area contributed by atoms with Crippen molar-refractivity contribution in [1.29, 1.82) is 0 Å². The third-order valence-electron chi connectivity index (χ3n) is 3.69. The van der Waals surface area contributed by atoms with E-state index in [4.69, 9.17) is 18.9 Å². The summed E-state index contributed by atoms with van der Waals surface area (Å²) in [4.78, 5) is 36.3. The summed E-state index contributed by atoms with van der Waals surface area (Å²) in [7, 11) is 1.55. The van der Waals surface area contributed by atoms with E-state index in [1.54, 1.807) is 51.3 Å². The number of nitrogens with one attached hydrogen (secondary N) is 1. The number of benzene rings is 1. The average molecular weight is 421 g/mol. The summed E-state index contributed by atoms with van der Waals surface area (Å²) in [5, 5.41) is 3.06. The highest BCUT2D eigenvalue weighted by Crippen LogP contribution is 2.27. The minimum Gasteiger partial charge on any atom is -0.497 e. The van der Waals surface area contributed by atoms with Crippen molar-refractivity contribution in [2.75, 3.05) is 25.6 Å². The molecule has 0 aliphatic rings. The van der Waals surface area contributed by atoms with Gasteiger partial charge in [-0.25, -0.2) is 9.59 Å². The number of carbonyl (C=O) groups is 3. The molecule has 1 aromatic heterocycles. The number of anilines is 1. The molecule has 0 radical (unpaired) electrons. The molecule has 0 fully saturated rings. The second-order valence-corrected chi connectivity index (χ2v) is 6.99. The standard InChI is InChI=1S/C20H23NO7S/c1-5-26-20(24)18-12(2)10-17(29-18)21-16(22)11-27-19(23)13(3)28-15-8-6-14(25-4)7-9-15/h6-10,13H,5,11H2,1-4H3,(H,21,22). The molecule has 8 nitrogen and oxygen atoms in total. The topological polar surface area (TPSA) is 100 Å². The van der Waals surface area contributed by atoms with Crippen molar-refractivity contribution >= 4 is 34.2 Å². The van der Waals surface area contributed by atoms with Crippen LogP contribution in [0.5, 0.6) is 11.5 Å². The first-order valence-corrected chi connectivity index (χ1v) is 9.70. The molecule has 1 aromatic carbocycles. The van der Waals surface area contributed by atoms with Crippen LogP contribution in [0.2, 0.25) is 0 Å². The second kappa shape index (κ2) is 10.5. The number of amides is 1. The SMILES string of the molecule is CCOC(=O)c1sc(NC(=O)COC(=O)C(C)Oc2ccc(OC)cc2)cc1C. The fourth-order valence-corrected chi connectivity index (χ4v) is 3.26. The molecule has 1 amide bonds. The summed E-state index contributed by atoms with van der Waals surface area (Å²) < 4.78 is 20.5. The molecule has 2 rings (SSSR count). The molecule has 1 heterocycles. The van der Waals surface area contributed by atoms with E-state index in [1.165, 1.54) is 6.92 Å². The van der Waals surface area contributed by atoms with Crippen LogP contribution in [0.1, 0.15) is 29.1 Å². The first kappa shape index (κ1) is 22.2. The lowest BCUT2D eigenvalue weighted by Gasteiger charge is -2.14. The van der Waals surface area contributed by atoms with Gasteiger partial charge in [0, 0.05) is 0 Å². The molecular formula is C20H23NO7S. The highest BCUT2D eigenvalue weighted by Gasteiger charge is 2.19. The minimum atomic E-state index is -0.893. The summed E-state index contributed by atoms with van der Waals surface area (Å²) in [6.45, 7) is 4.79. The lowest BCUT2D eigenvalue weighted by Crippen LogP contribution is -2.29. The van der Waals surface area contributed by atoms with Gasteiger partial charge in [-0.1, -0.05) is 0 Å². The molecule has 0 bridgehead atoms. The highest BCUT2D eigenvalue weighted by molar-refractivity contribution is 7.18. The molecule has 9 heteroatoms. The number of methoxy groups -OCH3 is 1. The fourth-order valence-electron chi connectivity index (χ4n) is 2.28. The molecule has 1 N–H and O–H groups in total. The van der Waals surface area contributed by atoms with Gasteiger partial charge in [-0.2, -0.15) is 0 Å². The molecule has 156 valence electrons. The Morgan fingerprint density at radius 1 is 1.10 bits per heavy atom. The van der Waals surface area contributed by atoms with E-state index in [2.05, 4.69) is 5.32 Å². The van der Waals surface area contributed by atoms with Gasteiger partial charge in [-0.05, 0) is 56.7 Å². The summed E-state index contributed by atoms with van der Waals surface area (Å²) in [6, 6.07) is 8.39. The van der Waals surface area contributed by atoms with Crippen molar-refractivity contribution in [3.05, 3.63) is 40.8 Å². The largest absolute Gasteiger partial charge is 0.497 e. The second-order valence-electron chi connectivity index (χ2n) is 5.93. The molecule has 1 unspecified atom stereocenters. The molecule has 29 heavy (non-hydrogen) atoms. The summed E-state index contributed by atoms with van der Waals surface area (Å²) in [5.41, 5.74) is 0.697. The third-order valence-corrected chi connectivity index (χ3v) is 4.82. The molecule has 0 aliphatic heterocycles. The Hall–Kier alpha value is -3.07. The normalized spacial score (nSPS) is 11.3. The van der Waals surface area contributed by atoms with Crippen molar-refractivity contribution in [2.24, 2.45) is 0 Å². The van der Waals surface area contributed by atoms with Crippen LogP contribution < -0.4 is 14.8 Å². The zero-order valence-corrected chi connectivity index (χ0v) is 17.5. The van der Waals surface area contributed by atoms with Crippen molar-refractivity contribution in [1.82, 2.24) is 0 Å². The van der Waals surface area contributed by atoms with Gasteiger partial charge in [0.25, 0.3) is 5.91 Å². The Morgan fingerprint density at radius 3 is 2.38 bits per heavy atom. The molecule has 0 saturated carbocycles. The van der Waals surface area contributed by atoms with E-state index in [0.29, 0.717) is 26.9 Å². The summed E-state index contributed by atoms with van der Waals surface area (Å²) in [5.74, 6) is -0.497. The fraction of sp³-hybridized carbons (Fsp3) is 0.350. The lowest BCUT2D eigenvalue weighted by molar-refractivity contribution is -0.153. The number of carbonyl (C=O) groups excluding carboxylic acids is 3. The van der Waals surface area contributed by atoms with Gasteiger partial charge in [0.1, 0.15) is 16.4 Å². The van der Waals surface area contributed by atoms with Crippen LogP contribution in [0.3, 0.4) is 0 Å². The van der Waals surface area contributed by atoms with Gasteiger partial charge >= 0.3 is 11.9 Å². The Bertz CT molecular complexity index is 860. The molecule has 1 atom stereocenters. The maximum atomic E-state index is 12.0. The summed E-state index contributed by atoms with van der Waals surface area (Å²) in [6.07, 6.45) is -0.893. The van der Waals surface area contributed by atoms with Crippen LogP contribution in [-0.4, -0.2) is 44.3 Å².